The average Bonchev–Trinajstić information content (AvgIpc) is 3.17. The SMILES string of the molecule is Cc1nnc2n1-c1ccc(NC(=O)CN3CCN(Cc4ccccc4Br)CC3)cc1CC2. The fourth-order valence-electron chi connectivity index (χ4n) is 4.59. The summed E-state index contributed by atoms with van der Waals surface area (Å²) in [5, 5.41) is 11.5. The number of rotatable bonds is 5. The van der Waals surface area contributed by atoms with Gasteiger partial charge in [-0.15, -0.1) is 10.2 Å². The van der Waals surface area contributed by atoms with Crippen molar-refractivity contribution < 1.29 is 4.79 Å². The van der Waals surface area contributed by atoms with E-state index in [2.05, 4.69) is 76.1 Å². The second-order valence-electron chi connectivity index (χ2n) is 8.53. The van der Waals surface area contributed by atoms with Crippen LogP contribution < -0.4 is 5.32 Å². The molecular formula is C24H27BrN6O. The zero-order chi connectivity index (χ0) is 22.1. The molecule has 166 valence electrons. The number of hydrogen-bond acceptors (Lipinski definition) is 5. The van der Waals surface area contributed by atoms with Crippen LogP contribution in [0.15, 0.2) is 46.9 Å². The number of hydrogen-bond donors (Lipinski definition) is 1. The number of amides is 1. The number of piperazine rings is 1. The van der Waals surface area contributed by atoms with Crippen molar-refractivity contribution in [3.05, 3.63) is 69.7 Å². The van der Waals surface area contributed by atoms with Gasteiger partial charge < -0.3 is 5.32 Å². The molecule has 0 spiro atoms. The van der Waals surface area contributed by atoms with E-state index in [1.165, 1.54) is 11.1 Å². The first-order valence-electron chi connectivity index (χ1n) is 11.1. The molecule has 1 fully saturated rings. The predicted octanol–water partition coefficient (Wildman–Crippen LogP) is 3.19. The van der Waals surface area contributed by atoms with Gasteiger partial charge in [0.2, 0.25) is 5.91 Å². The van der Waals surface area contributed by atoms with Crippen molar-refractivity contribution in [3.63, 3.8) is 0 Å². The molecule has 0 saturated carbocycles. The highest BCUT2D eigenvalue weighted by Crippen LogP contribution is 2.27. The molecule has 8 heteroatoms. The summed E-state index contributed by atoms with van der Waals surface area (Å²) in [6, 6.07) is 14.5. The van der Waals surface area contributed by atoms with Gasteiger partial charge in [-0.05, 0) is 48.7 Å². The van der Waals surface area contributed by atoms with E-state index in [0.29, 0.717) is 6.54 Å². The maximum atomic E-state index is 12.7. The van der Waals surface area contributed by atoms with E-state index >= 15 is 0 Å². The topological polar surface area (TPSA) is 66.3 Å². The van der Waals surface area contributed by atoms with E-state index in [1.807, 2.05) is 19.1 Å². The number of halogens is 1. The Hall–Kier alpha value is -2.55. The number of carbonyl (C=O) groups excluding carboxylic acids is 1. The number of benzene rings is 2. The Balaban J connectivity index is 1.14. The summed E-state index contributed by atoms with van der Waals surface area (Å²) in [5.74, 6) is 1.95. The first-order chi connectivity index (χ1) is 15.6. The molecule has 0 bridgehead atoms. The molecule has 1 amide bonds. The molecule has 2 aromatic carbocycles. The van der Waals surface area contributed by atoms with Gasteiger partial charge in [0.25, 0.3) is 0 Å². The largest absolute Gasteiger partial charge is 0.325 e. The summed E-state index contributed by atoms with van der Waals surface area (Å²) >= 11 is 3.63. The second-order valence-corrected chi connectivity index (χ2v) is 9.39. The number of carbonyl (C=O) groups is 1. The highest BCUT2D eigenvalue weighted by Gasteiger charge is 2.22. The predicted molar refractivity (Wildman–Crippen MR) is 128 cm³/mol. The molecule has 7 nitrogen and oxygen atoms in total. The molecule has 1 saturated heterocycles. The zero-order valence-corrected chi connectivity index (χ0v) is 19.8. The molecule has 3 heterocycles. The van der Waals surface area contributed by atoms with Crippen molar-refractivity contribution in [1.82, 2.24) is 24.6 Å². The first kappa shape index (κ1) is 21.3. The summed E-state index contributed by atoms with van der Waals surface area (Å²) < 4.78 is 3.26. The van der Waals surface area contributed by atoms with Crippen LogP contribution >= 0.6 is 15.9 Å². The van der Waals surface area contributed by atoms with Crippen LogP contribution in [-0.2, 0) is 24.2 Å². The standard InChI is InChI=1S/C24H27BrN6O/c1-17-27-28-23-9-6-18-14-20(7-8-22(18)31(17)23)26-24(32)16-30-12-10-29(11-13-30)15-19-4-2-3-5-21(19)25/h2-5,7-8,14H,6,9-13,15-16H2,1H3,(H,26,32). The lowest BCUT2D eigenvalue weighted by Gasteiger charge is -2.34. The van der Waals surface area contributed by atoms with Crippen LogP contribution in [-0.4, -0.2) is 63.2 Å². The van der Waals surface area contributed by atoms with Crippen LogP contribution in [0.3, 0.4) is 0 Å². The van der Waals surface area contributed by atoms with Crippen molar-refractivity contribution in [1.29, 1.82) is 0 Å². The zero-order valence-electron chi connectivity index (χ0n) is 18.2. The Morgan fingerprint density at radius 3 is 2.62 bits per heavy atom. The average molecular weight is 495 g/mol. The maximum Gasteiger partial charge on any atom is 0.238 e. The Bertz CT molecular complexity index is 1140. The van der Waals surface area contributed by atoms with Crippen LogP contribution in [0.25, 0.3) is 5.69 Å². The molecule has 0 aliphatic carbocycles. The third kappa shape index (κ3) is 4.48. The summed E-state index contributed by atoms with van der Waals surface area (Å²) in [6.07, 6.45) is 1.78. The minimum Gasteiger partial charge on any atom is -0.325 e. The number of anilines is 1. The maximum absolute atomic E-state index is 12.7. The van der Waals surface area contributed by atoms with Crippen molar-refractivity contribution in [2.75, 3.05) is 38.0 Å². The smallest absolute Gasteiger partial charge is 0.238 e. The van der Waals surface area contributed by atoms with Gasteiger partial charge in [0, 0.05) is 49.3 Å². The third-order valence-electron chi connectivity index (χ3n) is 6.30. The summed E-state index contributed by atoms with van der Waals surface area (Å²) in [7, 11) is 0. The lowest BCUT2D eigenvalue weighted by Crippen LogP contribution is -2.48. The molecule has 2 aliphatic rings. The van der Waals surface area contributed by atoms with Crippen LogP contribution in [0.1, 0.15) is 22.8 Å². The third-order valence-corrected chi connectivity index (χ3v) is 7.07. The summed E-state index contributed by atoms with van der Waals surface area (Å²) in [6.45, 7) is 7.07. The van der Waals surface area contributed by atoms with Crippen LogP contribution in [0, 0.1) is 6.92 Å². The Kier molecular flexibility index (Phi) is 6.08. The van der Waals surface area contributed by atoms with E-state index in [0.717, 1.165) is 73.1 Å². The molecule has 0 atom stereocenters. The Labute approximate surface area is 196 Å². The molecule has 32 heavy (non-hydrogen) atoms. The minimum atomic E-state index is 0.0428. The highest BCUT2D eigenvalue weighted by molar-refractivity contribution is 9.10. The van der Waals surface area contributed by atoms with Crippen molar-refractivity contribution >= 4 is 27.5 Å². The van der Waals surface area contributed by atoms with Gasteiger partial charge in [-0.3, -0.25) is 19.2 Å². The fraction of sp³-hybridized carbons (Fsp3) is 0.375. The number of nitrogens with zero attached hydrogens (tertiary/aromatic N) is 5. The number of aryl methyl sites for hydroxylation is 3. The van der Waals surface area contributed by atoms with Gasteiger partial charge >= 0.3 is 0 Å². The van der Waals surface area contributed by atoms with E-state index in [1.54, 1.807) is 0 Å². The van der Waals surface area contributed by atoms with E-state index in [9.17, 15) is 4.79 Å². The Morgan fingerprint density at radius 1 is 1.03 bits per heavy atom. The minimum absolute atomic E-state index is 0.0428. The molecular weight excluding hydrogens is 468 g/mol. The normalized spacial score (nSPS) is 16.4. The number of nitrogens with one attached hydrogen (secondary N) is 1. The van der Waals surface area contributed by atoms with Gasteiger partial charge in [0.05, 0.1) is 12.2 Å². The van der Waals surface area contributed by atoms with Gasteiger partial charge in [-0.1, -0.05) is 34.1 Å². The fourth-order valence-corrected chi connectivity index (χ4v) is 5.00. The lowest BCUT2D eigenvalue weighted by atomic mass is 10.0. The number of aromatic nitrogens is 3. The van der Waals surface area contributed by atoms with Crippen molar-refractivity contribution in [3.8, 4) is 5.69 Å². The molecule has 5 rings (SSSR count). The molecule has 2 aliphatic heterocycles. The van der Waals surface area contributed by atoms with Gasteiger partial charge in [-0.2, -0.15) is 0 Å². The molecule has 0 radical (unpaired) electrons. The molecule has 1 N–H and O–H groups in total. The molecule has 1 aromatic heterocycles. The molecule has 3 aromatic rings. The summed E-state index contributed by atoms with van der Waals surface area (Å²) in [5.41, 5.74) is 4.50. The van der Waals surface area contributed by atoms with Gasteiger partial charge in [0.15, 0.2) is 0 Å². The lowest BCUT2D eigenvalue weighted by molar-refractivity contribution is -0.117. The highest BCUT2D eigenvalue weighted by atomic mass is 79.9. The van der Waals surface area contributed by atoms with Gasteiger partial charge in [-0.25, -0.2) is 0 Å². The van der Waals surface area contributed by atoms with Crippen LogP contribution in [0.2, 0.25) is 0 Å². The van der Waals surface area contributed by atoms with Gasteiger partial charge in [0.1, 0.15) is 11.6 Å². The number of fused-ring (bicyclic) bond motifs is 3. The summed E-state index contributed by atoms with van der Waals surface area (Å²) in [4.78, 5) is 17.4. The first-order valence-corrected chi connectivity index (χ1v) is 11.9. The second kappa shape index (κ2) is 9.13. The van der Waals surface area contributed by atoms with E-state index < -0.39 is 0 Å². The van der Waals surface area contributed by atoms with Crippen molar-refractivity contribution in [2.45, 2.75) is 26.3 Å². The van der Waals surface area contributed by atoms with Crippen LogP contribution in [0.4, 0.5) is 5.69 Å². The monoisotopic (exact) mass is 494 g/mol. The molecule has 0 unspecified atom stereocenters. The quantitative estimate of drug-likeness (QED) is 0.589. The van der Waals surface area contributed by atoms with E-state index in [-0.39, 0.29) is 5.91 Å². The van der Waals surface area contributed by atoms with Crippen molar-refractivity contribution in [2.24, 2.45) is 0 Å². The van der Waals surface area contributed by atoms with E-state index in [4.69, 9.17) is 0 Å². The Morgan fingerprint density at radius 2 is 1.81 bits per heavy atom. The van der Waals surface area contributed by atoms with Crippen LogP contribution in [0.5, 0.6) is 0 Å².